The van der Waals surface area contributed by atoms with Gasteiger partial charge in [0.25, 0.3) is 0 Å². The zero-order chi connectivity index (χ0) is 8.27. The van der Waals surface area contributed by atoms with E-state index in [2.05, 4.69) is 17.7 Å². The maximum atomic E-state index is 5.84. The smallest absolute Gasteiger partial charge is 0.0599 e. The predicted octanol–water partition coefficient (Wildman–Crippen LogP) is 0.289. The molecule has 1 aliphatic heterocycles. The molecule has 2 heteroatoms. The van der Waals surface area contributed by atoms with Crippen molar-refractivity contribution in [2.45, 2.75) is 19.4 Å². The Morgan fingerprint density at radius 1 is 1.64 bits per heavy atom. The summed E-state index contributed by atoms with van der Waals surface area (Å²) in [4.78, 5) is 2.25. The lowest BCUT2D eigenvalue weighted by Crippen LogP contribution is -2.46. The van der Waals surface area contributed by atoms with Crippen molar-refractivity contribution in [3.8, 4) is 12.3 Å². The molecule has 2 nitrogen and oxygen atoms in total. The van der Waals surface area contributed by atoms with E-state index < -0.39 is 0 Å². The van der Waals surface area contributed by atoms with Gasteiger partial charge in [-0.15, -0.1) is 6.42 Å². The fraction of sp³-hybridized carbons (Fsp3) is 0.778. The van der Waals surface area contributed by atoms with Gasteiger partial charge in [-0.2, -0.15) is 0 Å². The van der Waals surface area contributed by atoms with E-state index in [-0.39, 0.29) is 0 Å². The number of hydrogen-bond acceptors (Lipinski definition) is 2. The Morgan fingerprint density at radius 2 is 2.36 bits per heavy atom. The Bertz CT molecular complexity index is 149. The zero-order valence-corrected chi connectivity index (χ0v) is 7.09. The van der Waals surface area contributed by atoms with Gasteiger partial charge >= 0.3 is 0 Å². The summed E-state index contributed by atoms with van der Waals surface area (Å²) < 4.78 is 0. The van der Waals surface area contributed by atoms with Crippen molar-refractivity contribution in [2.75, 3.05) is 19.6 Å². The summed E-state index contributed by atoms with van der Waals surface area (Å²) in [6.07, 6.45) is 6.36. The maximum Gasteiger partial charge on any atom is 0.0599 e. The fourth-order valence-corrected chi connectivity index (χ4v) is 1.77. The highest BCUT2D eigenvalue weighted by Gasteiger charge is 2.20. The lowest BCUT2D eigenvalue weighted by Gasteiger charge is -2.33. The molecule has 1 aliphatic rings. The first-order valence-electron chi connectivity index (χ1n) is 4.13. The molecule has 1 heterocycles. The van der Waals surface area contributed by atoms with Gasteiger partial charge in [-0.05, 0) is 12.3 Å². The number of likely N-dealkylation sites (tertiary alicyclic amines) is 1. The molecule has 2 atom stereocenters. The molecule has 1 fully saturated rings. The third-order valence-electron chi connectivity index (χ3n) is 2.08. The standard InChI is InChI=1S/C9H16N2/c1-3-4-11-6-8(2)5-9(10)7-11/h1,8-9H,4-7,10H2,2H3. The number of terminal acetylenes is 1. The molecule has 0 spiro atoms. The quantitative estimate of drug-likeness (QED) is 0.547. The van der Waals surface area contributed by atoms with E-state index in [0.717, 1.165) is 26.1 Å². The first-order valence-corrected chi connectivity index (χ1v) is 4.13. The van der Waals surface area contributed by atoms with Gasteiger partial charge in [0.15, 0.2) is 0 Å². The van der Waals surface area contributed by atoms with Crippen molar-refractivity contribution < 1.29 is 0 Å². The Labute approximate surface area is 68.8 Å². The number of piperidine rings is 1. The molecular weight excluding hydrogens is 136 g/mol. The van der Waals surface area contributed by atoms with Crippen LogP contribution in [-0.2, 0) is 0 Å². The van der Waals surface area contributed by atoms with E-state index in [0.29, 0.717) is 12.0 Å². The molecular formula is C9H16N2. The molecule has 0 saturated carbocycles. The van der Waals surface area contributed by atoms with Gasteiger partial charge < -0.3 is 5.73 Å². The fourth-order valence-electron chi connectivity index (χ4n) is 1.77. The van der Waals surface area contributed by atoms with Crippen LogP contribution in [0.3, 0.4) is 0 Å². The van der Waals surface area contributed by atoms with Crippen molar-refractivity contribution in [1.29, 1.82) is 0 Å². The lowest BCUT2D eigenvalue weighted by atomic mass is 9.97. The van der Waals surface area contributed by atoms with E-state index in [1.165, 1.54) is 0 Å². The number of rotatable bonds is 1. The van der Waals surface area contributed by atoms with Crippen molar-refractivity contribution in [2.24, 2.45) is 11.7 Å². The monoisotopic (exact) mass is 152 g/mol. The Kier molecular flexibility index (Phi) is 2.92. The molecule has 0 amide bonds. The van der Waals surface area contributed by atoms with Crippen molar-refractivity contribution in [3.05, 3.63) is 0 Å². The number of hydrogen-bond donors (Lipinski definition) is 1. The molecule has 0 aliphatic carbocycles. The van der Waals surface area contributed by atoms with Crippen LogP contribution in [0.1, 0.15) is 13.3 Å². The topological polar surface area (TPSA) is 29.3 Å². The van der Waals surface area contributed by atoms with Gasteiger partial charge in [-0.3, -0.25) is 4.90 Å². The minimum Gasteiger partial charge on any atom is -0.327 e. The van der Waals surface area contributed by atoms with E-state index in [4.69, 9.17) is 12.2 Å². The minimum atomic E-state index is 0.326. The highest BCUT2D eigenvalue weighted by molar-refractivity contribution is 4.91. The van der Waals surface area contributed by atoms with Crippen LogP contribution in [0.15, 0.2) is 0 Å². The van der Waals surface area contributed by atoms with Crippen LogP contribution >= 0.6 is 0 Å². The second-order valence-corrected chi connectivity index (χ2v) is 3.50. The highest BCUT2D eigenvalue weighted by atomic mass is 15.1. The normalized spacial score (nSPS) is 33.2. The van der Waals surface area contributed by atoms with Crippen molar-refractivity contribution in [1.82, 2.24) is 4.90 Å². The minimum absolute atomic E-state index is 0.326. The highest BCUT2D eigenvalue weighted by Crippen LogP contribution is 2.13. The van der Waals surface area contributed by atoms with E-state index in [1.807, 2.05) is 0 Å². The summed E-state index contributed by atoms with van der Waals surface area (Å²) in [6.45, 7) is 5.05. The molecule has 2 unspecified atom stereocenters. The molecule has 1 saturated heterocycles. The van der Waals surface area contributed by atoms with Crippen molar-refractivity contribution >= 4 is 0 Å². The molecule has 0 bridgehead atoms. The molecule has 0 radical (unpaired) electrons. The van der Waals surface area contributed by atoms with E-state index in [1.54, 1.807) is 0 Å². The lowest BCUT2D eigenvalue weighted by molar-refractivity contribution is 0.183. The summed E-state index contributed by atoms with van der Waals surface area (Å²) in [5, 5.41) is 0. The summed E-state index contributed by atoms with van der Waals surface area (Å²) in [7, 11) is 0. The van der Waals surface area contributed by atoms with Gasteiger partial charge in [0, 0.05) is 19.1 Å². The molecule has 0 aromatic carbocycles. The number of nitrogens with two attached hydrogens (primary N) is 1. The third-order valence-corrected chi connectivity index (χ3v) is 2.08. The summed E-state index contributed by atoms with van der Waals surface area (Å²) in [5.74, 6) is 3.35. The first-order chi connectivity index (χ1) is 5.22. The van der Waals surface area contributed by atoms with E-state index in [9.17, 15) is 0 Å². The van der Waals surface area contributed by atoms with Gasteiger partial charge in [0.2, 0.25) is 0 Å². The van der Waals surface area contributed by atoms with Crippen LogP contribution in [0.4, 0.5) is 0 Å². The second kappa shape index (κ2) is 3.75. The van der Waals surface area contributed by atoms with Crippen LogP contribution in [0.25, 0.3) is 0 Å². The molecule has 0 aromatic rings. The van der Waals surface area contributed by atoms with Crippen LogP contribution in [0.2, 0.25) is 0 Å². The maximum absolute atomic E-state index is 5.84. The average molecular weight is 152 g/mol. The first kappa shape index (κ1) is 8.58. The summed E-state index contributed by atoms with van der Waals surface area (Å²) in [6, 6.07) is 0.326. The van der Waals surface area contributed by atoms with Crippen LogP contribution in [-0.4, -0.2) is 30.6 Å². The summed E-state index contributed by atoms with van der Waals surface area (Å²) >= 11 is 0. The molecule has 62 valence electrons. The Hall–Kier alpha value is -0.520. The van der Waals surface area contributed by atoms with Gasteiger partial charge in [0.05, 0.1) is 6.54 Å². The largest absolute Gasteiger partial charge is 0.327 e. The zero-order valence-electron chi connectivity index (χ0n) is 7.09. The van der Waals surface area contributed by atoms with Crippen molar-refractivity contribution in [3.63, 3.8) is 0 Å². The molecule has 0 aromatic heterocycles. The van der Waals surface area contributed by atoms with Crippen LogP contribution in [0, 0.1) is 18.3 Å². The average Bonchev–Trinajstić information content (AvgIpc) is 1.85. The second-order valence-electron chi connectivity index (χ2n) is 3.50. The Morgan fingerprint density at radius 3 is 2.91 bits per heavy atom. The Balaban J connectivity index is 2.38. The number of nitrogens with zero attached hydrogens (tertiary/aromatic N) is 1. The predicted molar refractivity (Wildman–Crippen MR) is 47.0 cm³/mol. The van der Waals surface area contributed by atoms with Gasteiger partial charge in [-0.25, -0.2) is 0 Å². The van der Waals surface area contributed by atoms with Crippen LogP contribution in [0.5, 0.6) is 0 Å². The molecule has 1 rings (SSSR count). The van der Waals surface area contributed by atoms with Gasteiger partial charge in [0.1, 0.15) is 0 Å². The third kappa shape index (κ3) is 2.53. The van der Waals surface area contributed by atoms with Gasteiger partial charge in [-0.1, -0.05) is 12.8 Å². The van der Waals surface area contributed by atoms with E-state index >= 15 is 0 Å². The SMILES string of the molecule is C#CCN1CC(C)CC(N)C1. The summed E-state index contributed by atoms with van der Waals surface area (Å²) in [5.41, 5.74) is 5.84. The molecule has 11 heavy (non-hydrogen) atoms. The van der Waals surface area contributed by atoms with Crippen LogP contribution < -0.4 is 5.73 Å². The molecule has 2 N–H and O–H groups in total.